The van der Waals surface area contributed by atoms with E-state index in [-0.39, 0.29) is 11.7 Å². The van der Waals surface area contributed by atoms with E-state index in [4.69, 9.17) is 0 Å². The maximum Gasteiger partial charge on any atom is 0.227 e. The monoisotopic (exact) mass is 297 g/mol. The Kier molecular flexibility index (Phi) is 3.43. The second kappa shape index (κ2) is 4.69. The molecule has 4 heteroatoms. The molecule has 1 N–H and O–H groups in total. The summed E-state index contributed by atoms with van der Waals surface area (Å²) in [5, 5.41) is 10.4. The number of nitrogens with zero attached hydrogens (tertiary/aromatic N) is 1. The van der Waals surface area contributed by atoms with Crippen LogP contribution < -0.4 is 4.90 Å². The van der Waals surface area contributed by atoms with Gasteiger partial charge in [-0.2, -0.15) is 0 Å². The zero-order valence-corrected chi connectivity index (χ0v) is 11.6. The van der Waals surface area contributed by atoms with Crippen molar-refractivity contribution in [3.63, 3.8) is 0 Å². The number of aryl methyl sites for hydroxylation is 2. The van der Waals surface area contributed by atoms with Gasteiger partial charge in [0.15, 0.2) is 0 Å². The second-order valence-corrected chi connectivity index (χ2v) is 5.30. The lowest BCUT2D eigenvalue weighted by Gasteiger charge is -2.21. The van der Waals surface area contributed by atoms with Crippen LogP contribution in [0.25, 0.3) is 0 Å². The van der Waals surface area contributed by atoms with Crippen LogP contribution in [0.5, 0.6) is 5.75 Å². The van der Waals surface area contributed by atoms with Crippen molar-refractivity contribution in [2.24, 2.45) is 5.92 Å². The molecule has 92 valence electrons. The molecule has 1 unspecified atom stereocenters. The molecule has 3 nitrogen and oxygen atoms in total. The fourth-order valence-electron chi connectivity index (χ4n) is 2.46. The number of amides is 1. The molecule has 1 aliphatic rings. The molecular weight excluding hydrogens is 282 g/mol. The standard InChI is InChI=1S/C13H16BrNO2/c1-8-3-11(16)4-9(2)13(8)15-7-10(6-14)5-12(15)17/h3-4,10,16H,5-7H2,1-2H3. The van der Waals surface area contributed by atoms with Crippen LogP contribution in [0.2, 0.25) is 0 Å². The third-order valence-corrected chi connectivity index (χ3v) is 4.08. The lowest BCUT2D eigenvalue weighted by molar-refractivity contribution is -0.117. The molecule has 1 heterocycles. The van der Waals surface area contributed by atoms with Gasteiger partial charge in [-0.25, -0.2) is 0 Å². The molecule has 0 saturated carbocycles. The molecule has 1 aliphatic heterocycles. The molecule has 1 aromatic rings. The van der Waals surface area contributed by atoms with Gasteiger partial charge in [-0.3, -0.25) is 4.79 Å². The Labute approximate surface area is 110 Å². The molecule has 1 fully saturated rings. The SMILES string of the molecule is Cc1cc(O)cc(C)c1N1CC(CBr)CC1=O. The fraction of sp³-hybridized carbons (Fsp3) is 0.462. The Morgan fingerprint density at radius 2 is 2.00 bits per heavy atom. The number of benzene rings is 1. The van der Waals surface area contributed by atoms with E-state index in [0.29, 0.717) is 12.3 Å². The van der Waals surface area contributed by atoms with Gasteiger partial charge < -0.3 is 10.0 Å². The molecule has 1 saturated heterocycles. The lowest BCUT2D eigenvalue weighted by atomic mass is 10.1. The normalized spacial score (nSPS) is 20.1. The Balaban J connectivity index is 2.38. The Hall–Kier alpha value is -1.03. The first-order valence-corrected chi connectivity index (χ1v) is 6.81. The number of carbonyl (C=O) groups is 1. The number of rotatable bonds is 2. The highest BCUT2D eigenvalue weighted by atomic mass is 79.9. The summed E-state index contributed by atoms with van der Waals surface area (Å²) in [6.45, 7) is 4.62. The van der Waals surface area contributed by atoms with Crippen LogP contribution in [0.3, 0.4) is 0 Å². The number of hydrogen-bond donors (Lipinski definition) is 1. The van der Waals surface area contributed by atoms with Crippen LogP contribution in [0.4, 0.5) is 5.69 Å². The summed E-state index contributed by atoms with van der Waals surface area (Å²) in [6.07, 6.45) is 0.602. The molecule has 2 rings (SSSR count). The van der Waals surface area contributed by atoms with Crippen molar-refractivity contribution in [3.05, 3.63) is 23.3 Å². The first-order chi connectivity index (χ1) is 8.02. The zero-order valence-electron chi connectivity index (χ0n) is 10.0. The van der Waals surface area contributed by atoms with Crippen molar-refractivity contribution in [3.8, 4) is 5.75 Å². The minimum absolute atomic E-state index is 0.173. The maximum atomic E-state index is 12.0. The van der Waals surface area contributed by atoms with Crippen LogP contribution in [0.1, 0.15) is 17.5 Å². The molecule has 0 aliphatic carbocycles. The van der Waals surface area contributed by atoms with E-state index >= 15 is 0 Å². The van der Waals surface area contributed by atoms with Crippen molar-refractivity contribution in [2.45, 2.75) is 20.3 Å². The number of phenolic OH excluding ortho intramolecular Hbond substituents is 1. The molecule has 0 aromatic heterocycles. The largest absolute Gasteiger partial charge is 0.508 e. The smallest absolute Gasteiger partial charge is 0.227 e. The van der Waals surface area contributed by atoms with Gasteiger partial charge in [-0.15, -0.1) is 0 Å². The van der Waals surface area contributed by atoms with Gasteiger partial charge in [-0.05, 0) is 43.0 Å². The predicted molar refractivity (Wildman–Crippen MR) is 71.8 cm³/mol. The molecule has 17 heavy (non-hydrogen) atoms. The van der Waals surface area contributed by atoms with E-state index in [1.54, 1.807) is 12.1 Å². The van der Waals surface area contributed by atoms with Gasteiger partial charge in [-0.1, -0.05) is 15.9 Å². The molecule has 0 radical (unpaired) electrons. The Morgan fingerprint density at radius 1 is 1.41 bits per heavy atom. The second-order valence-electron chi connectivity index (χ2n) is 4.66. The highest BCUT2D eigenvalue weighted by Gasteiger charge is 2.31. The van der Waals surface area contributed by atoms with E-state index in [1.165, 1.54) is 0 Å². The van der Waals surface area contributed by atoms with Gasteiger partial charge >= 0.3 is 0 Å². The number of halogens is 1. The summed E-state index contributed by atoms with van der Waals surface area (Å²) in [7, 11) is 0. The molecule has 1 aromatic carbocycles. The van der Waals surface area contributed by atoms with Crippen molar-refractivity contribution in [1.29, 1.82) is 0 Å². The molecule has 1 amide bonds. The highest BCUT2D eigenvalue weighted by molar-refractivity contribution is 9.09. The number of aromatic hydroxyl groups is 1. The van der Waals surface area contributed by atoms with Gasteiger partial charge in [0.1, 0.15) is 5.75 Å². The van der Waals surface area contributed by atoms with Crippen molar-refractivity contribution in [1.82, 2.24) is 0 Å². The quantitative estimate of drug-likeness (QED) is 0.853. The van der Waals surface area contributed by atoms with Gasteiger partial charge in [0.25, 0.3) is 0 Å². The van der Waals surface area contributed by atoms with Gasteiger partial charge in [0.2, 0.25) is 5.91 Å². The maximum absolute atomic E-state index is 12.0. The number of phenols is 1. The van der Waals surface area contributed by atoms with Crippen molar-refractivity contribution >= 4 is 27.5 Å². The zero-order chi connectivity index (χ0) is 12.6. The average molecular weight is 298 g/mol. The van der Waals surface area contributed by atoms with Crippen LogP contribution in [-0.2, 0) is 4.79 Å². The lowest BCUT2D eigenvalue weighted by Crippen LogP contribution is -2.26. The van der Waals surface area contributed by atoms with Crippen LogP contribution >= 0.6 is 15.9 Å². The molecule has 0 spiro atoms. The number of anilines is 1. The van der Waals surface area contributed by atoms with Crippen molar-refractivity contribution in [2.75, 3.05) is 16.8 Å². The highest BCUT2D eigenvalue weighted by Crippen LogP contribution is 2.33. The summed E-state index contributed by atoms with van der Waals surface area (Å²) >= 11 is 3.43. The molecule has 1 atom stereocenters. The average Bonchev–Trinajstić information content (AvgIpc) is 2.59. The van der Waals surface area contributed by atoms with E-state index in [9.17, 15) is 9.90 Å². The topological polar surface area (TPSA) is 40.5 Å². The van der Waals surface area contributed by atoms with Crippen LogP contribution in [0, 0.1) is 19.8 Å². The van der Waals surface area contributed by atoms with Crippen LogP contribution in [0.15, 0.2) is 12.1 Å². The summed E-state index contributed by atoms with van der Waals surface area (Å²) < 4.78 is 0. The fourth-order valence-corrected chi connectivity index (χ4v) is 2.89. The minimum Gasteiger partial charge on any atom is -0.508 e. The minimum atomic E-state index is 0.173. The predicted octanol–water partition coefficient (Wildman–Crippen LogP) is 2.76. The molecule has 0 bridgehead atoms. The third kappa shape index (κ3) is 2.32. The summed E-state index contributed by atoms with van der Waals surface area (Å²) in [4.78, 5) is 13.8. The number of carbonyl (C=O) groups excluding carboxylic acids is 1. The first kappa shape index (κ1) is 12.4. The summed E-state index contributed by atoms with van der Waals surface area (Å²) in [5.41, 5.74) is 2.85. The van der Waals surface area contributed by atoms with Crippen LogP contribution in [-0.4, -0.2) is 22.9 Å². The Bertz CT molecular complexity index is 436. The Morgan fingerprint density at radius 3 is 2.47 bits per heavy atom. The number of hydrogen-bond acceptors (Lipinski definition) is 2. The van der Waals surface area contributed by atoms with Gasteiger partial charge in [0.05, 0.1) is 0 Å². The van der Waals surface area contributed by atoms with Crippen molar-refractivity contribution < 1.29 is 9.90 Å². The molecular formula is C13H16BrNO2. The first-order valence-electron chi connectivity index (χ1n) is 5.69. The van der Waals surface area contributed by atoms with E-state index in [1.807, 2.05) is 18.7 Å². The van der Waals surface area contributed by atoms with E-state index in [0.717, 1.165) is 28.7 Å². The summed E-state index contributed by atoms with van der Waals surface area (Å²) in [5.74, 6) is 0.814. The van der Waals surface area contributed by atoms with Gasteiger partial charge in [0, 0.05) is 24.0 Å². The van der Waals surface area contributed by atoms with E-state index in [2.05, 4.69) is 15.9 Å². The third-order valence-electron chi connectivity index (χ3n) is 3.17. The van der Waals surface area contributed by atoms with E-state index < -0.39 is 0 Å². The summed E-state index contributed by atoms with van der Waals surface area (Å²) in [6, 6.07) is 3.41. The number of alkyl halides is 1.